The largest absolute Gasteiger partial charge is 0.491 e. The van der Waals surface area contributed by atoms with Gasteiger partial charge in [0.05, 0.1) is 11.1 Å². The number of nitrogens with one attached hydrogen (secondary N) is 2. The van der Waals surface area contributed by atoms with Crippen molar-refractivity contribution in [3.8, 4) is 5.75 Å². The van der Waals surface area contributed by atoms with E-state index in [2.05, 4.69) is 10.3 Å². The van der Waals surface area contributed by atoms with Crippen molar-refractivity contribution in [2.45, 2.75) is 26.5 Å². The number of ether oxygens (including phenoxy) is 1. The van der Waals surface area contributed by atoms with E-state index in [0.29, 0.717) is 17.3 Å². The van der Waals surface area contributed by atoms with Crippen LogP contribution < -0.4 is 10.1 Å². The van der Waals surface area contributed by atoms with E-state index in [1.165, 1.54) is 6.07 Å². The molecule has 4 nitrogen and oxygen atoms in total. The molecule has 0 saturated heterocycles. The summed E-state index contributed by atoms with van der Waals surface area (Å²) in [4.78, 5) is 14.7. The van der Waals surface area contributed by atoms with E-state index in [9.17, 15) is 4.79 Å². The van der Waals surface area contributed by atoms with Gasteiger partial charge in [-0.25, -0.2) is 0 Å². The Bertz CT molecular complexity index is 619. The number of hydrogen-bond acceptors (Lipinski definition) is 2. The Hall–Kier alpha value is -1.65. The van der Waals surface area contributed by atoms with Crippen LogP contribution in [0.25, 0.3) is 0 Å². The quantitative estimate of drug-likeness (QED) is 0.871. The minimum atomic E-state index is -0.265. The molecule has 6 heteroatoms. The molecule has 112 valence electrons. The monoisotopic (exact) mass is 326 g/mol. The minimum absolute atomic E-state index is 0.109. The van der Waals surface area contributed by atoms with Crippen molar-refractivity contribution in [2.24, 2.45) is 0 Å². The number of amides is 1. The number of rotatable bonds is 5. The van der Waals surface area contributed by atoms with Crippen molar-refractivity contribution in [1.29, 1.82) is 0 Å². The first kappa shape index (κ1) is 15.7. The highest BCUT2D eigenvalue weighted by Crippen LogP contribution is 2.21. The minimum Gasteiger partial charge on any atom is -0.491 e. The molecule has 0 aliphatic rings. The summed E-state index contributed by atoms with van der Waals surface area (Å²) in [6.45, 7) is 4.32. The fourth-order valence-corrected chi connectivity index (χ4v) is 2.12. The molecule has 0 spiro atoms. The van der Waals surface area contributed by atoms with Crippen LogP contribution in [0.2, 0.25) is 10.2 Å². The van der Waals surface area contributed by atoms with Crippen molar-refractivity contribution >= 4 is 29.1 Å². The summed E-state index contributed by atoms with van der Waals surface area (Å²) >= 11 is 11.6. The smallest absolute Gasteiger partial charge is 0.268 e. The molecule has 1 amide bonds. The first-order valence-corrected chi connectivity index (χ1v) is 7.29. The summed E-state index contributed by atoms with van der Waals surface area (Å²) in [7, 11) is 0. The number of H-pyrrole nitrogens is 1. The molecule has 1 heterocycles. The van der Waals surface area contributed by atoms with Crippen molar-refractivity contribution in [3.63, 3.8) is 0 Å². The van der Waals surface area contributed by atoms with Crippen LogP contribution in [0.3, 0.4) is 0 Å². The van der Waals surface area contributed by atoms with E-state index in [1.807, 2.05) is 38.1 Å². The summed E-state index contributed by atoms with van der Waals surface area (Å²) in [6, 6.07) is 9.09. The second-order valence-electron chi connectivity index (χ2n) is 4.84. The van der Waals surface area contributed by atoms with Crippen LogP contribution >= 0.6 is 23.2 Å². The highest BCUT2D eigenvalue weighted by molar-refractivity contribution is 6.41. The van der Waals surface area contributed by atoms with Crippen LogP contribution in [0, 0.1) is 0 Å². The number of halogens is 2. The van der Waals surface area contributed by atoms with E-state index >= 15 is 0 Å². The molecule has 0 atom stereocenters. The topological polar surface area (TPSA) is 54.1 Å². The normalized spacial score (nSPS) is 10.7. The van der Waals surface area contributed by atoms with Gasteiger partial charge in [0.1, 0.15) is 16.6 Å². The third kappa shape index (κ3) is 4.41. The molecule has 2 aromatic rings. The lowest BCUT2D eigenvalue weighted by Crippen LogP contribution is -2.23. The Kier molecular flexibility index (Phi) is 5.15. The Balaban J connectivity index is 1.97. The van der Waals surface area contributed by atoms with Crippen LogP contribution in [-0.2, 0) is 6.54 Å². The molecule has 0 aliphatic carbocycles. The first-order valence-electron chi connectivity index (χ1n) is 6.53. The number of carbonyl (C=O) groups excluding carboxylic acids is 1. The number of aromatic nitrogens is 1. The van der Waals surface area contributed by atoms with E-state index < -0.39 is 0 Å². The Morgan fingerprint density at radius 2 is 2.10 bits per heavy atom. The van der Waals surface area contributed by atoms with Crippen LogP contribution in [-0.4, -0.2) is 17.0 Å². The van der Waals surface area contributed by atoms with Crippen molar-refractivity contribution in [1.82, 2.24) is 10.3 Å². The zero-order chi connectivity index (χ0) is 15.4. The molecule has 2 N–H and O–H groups in total. The first-order chi connectivity index (χ1) is 9.95. The fraction of sp³-hybridized carbons (Fsp3) is 0.267. The second kappa shape index (κ2) is 6.87. The van der Waals surface area contributed by atoms with Crippen LogP contribution in [0.4, 0.5) is 0 Å². The van der Waals surface area contributed by atoms with Gasteiger partial charge in [0.2, 0.25) is 0 Å². The number of aromatic amines is 1. The fourth-order valence-electron chi connectivity index (χ4n) is 1.80. The predicted octanol–water partition coefficient (Wildman–Crippen LogP) is 4.04. The summed E-state index contributed by atoms with van der Waals surface area (Å²) in [5.74, 6) is 0.515. The molecule has 0 unspecified atom stereocenters. The Morgan fingerprint density at radius 3 is 2.71 bits per heavy atom. The van der Waals surface area contributed by atoms with Crippen LogP contribution in [0.5, 0.6) is 5.75 Å². The molecule has 21 heavy (non-hydrogen) atoms. The van der Waals surface area contributed by atoms with Gasteiger partial charge in [-0.05, 0) is 37.6 Å². The summed E-state index contributed by atoms with van der Waals surface area (Å²) in [5.41, 5.74) is 1.28. The maximum absolute atomic E-state index is 12.0. The molecule has 0 aliphatic heterocycles. The molecule has 1 aromatic carbocycles. The van der Waals surface area contributed by atoms with Gasteiger partial charge in [-0.2, -0.15) is 0 Å². The molecule has 0 radical (unpaired) electrons. The van der Waals surface area contributed by atoms with Gasteiger partial charge in [-0.15, -0.1) is 0 Å². The van der Waals surface area contributed by atoms with Gasteiger partial charge in [0.25, 0.3) is 5.91 Å². The average molecular weight is 327 g/mol. The van der Waals surface area contributed by atoms with Gasteiger partial charge in [0, 0.05) is 6.54 Å². The highest BCUT2D eigenvalue weighted by atomic mass is 35.5. The summed E-state index contributed by atoms with van der Waals surface area (Å²) < 4.78 is 5.61. The van der Waals surface area contributed by atoms with Gasteiger partial charge in [-0.1, -0.05) is 35.3 Å². The van der Waals surface area contributed by atoms with Gasteiger partial charge >= 0.3 is 0 Å². The highest BCUT2D eigenvalue weighted by Gasteiger charge is 2.11. The predicted molar refractivity (Wildman–Crippen MR) is 84.2 cm³/mol. The number of hydrogen-bond donors (Lipinski definition) is 2. The zero-order valence-corrected chi connectivity index (χ0v) is 13.3. The van der Waals surface area contributed by atoms with Gasteiger partial charge in [0.15, 0.2) is 0 Å². The van der Waals surface area contributed by atoms with Gasteiger partial charge < -0.3 is 15.0 Å². The molecule has 2 rings (SSSR count). The molecule has 0 saturated carbocycles. The number of carbonyl (C=O) groups is 1. The standard InChI is InChI=1S/C15H16Cl2N2O2/c1-9(2)21-11-5-3-4-10(6-11)8-18-15(20)13-7-12(16)14(17)19-13/h3-7,9,19H,8H2,1-2H3,(H,18,20). The Labute approximate surface area is 133 Å². The third-order valence-corrected chi connectivity index (χ3v) is 3.39. The third-order valence-electron chi connectivity index (χ3n) is 2.69. The van der Waals surface area contributed by atoms with E-state index in [0.717, 1.165) is 11.3 Å². The van der Waals surface area contributed by atoms with Crippen molar-refractivity contribution in [3.05, 3.63) is 51.8 Å². The van der Waals surface area contributed by atoms with E-state index in [1.54, 1.807) is 0 Å². The lowest BCUT2D eigenvalue weighted by atomic mass is 10.2. The lowest BCUT2D eigenvalue weighted by molar-refractivity contribution is 0.0946. The van der Waals surface area contributed by atoms with Crippen molar-refractivity contribution in [2.75, 3.05) is 0 Å². The van der Waals surface area contributed by atoms with Crippen LogP contribution in [0.15, 0.2) is 30.3 Å². The molecule has 1 aromatic heterocycles. The Morgan fingerprint density at radius 1 is 1.33 bits per heavy atom. The molecular weight excluding hydrogens is 311 g/mol. The summed E-state index contributed by atoms with van der Waals surface area (Å²) in [6.07, 6.45) is 0.109. The lowest BCUT2D eigenvalue weighted by Gasteiger charge is -2.11. The van der Waals surface area contributed by atoms with E-state index in [-0.39, 0.29) is 17.2 Å². The maximum Gasteiger partial charge on any atom is 0.268 e. The maximum atomic E-state index is 12.0. The zero-order valence-electron chi connectivity index (χ0n) is 11.7. The number of benzene rings is 1. The summed E-state index contributed by atoms with van der Waals surface area (Å²) in [5, 5.41) is 3.38. The SMILES string of the molecule is CC(C)Oc1cccc(CNC(=O)c2cc(Cl)c(Cl)[nH]2)c1. The average Bonchev–Trinajstić information content (AvgIpc) is 2.76. The second-order valence-corrected chi connectivity index (χ2v) is 5.63. The van der Waals surface area contributed by atoms with Crippen LogP contribution in [0.1, 0.15) is 29.9 Å². The van der Waals surface area contributed by atoms with Gasteiger partial charge in [-0.3, -0.25) is 4.79 Å². The molecule has 0 fully saturated rings. The van der Waals surface area contributed by atoms with Crippen molar-refractivity contribution < 1.29 is 9.53 Å². The molecule has 0 bridgehead atoms. The molecular formula is C15H16Cl2N2O2. The van der Waals surface area contributed by atoms with E-state index in [4.69, 9.17) is 27.9 Å².